The van der Waals surface area contributed by atoms with E-state index in [4.69, 9.17) is 9.47 Å². The monoisotopic (exact) mass is 356 g/mol. The summed E-state index contributed by atoms with van der Waals surface area (Å²) < 4.78 is 10.7. The predicted octanol–water partition coefficient (Wildman–Crippen LogP) is 2.74. The standard InChI is InChI=1S/C19H24N4O3/c1-14-6-5-11-23(12-14)18-10-9-17(21-22-18)20-19(24)13-26-16-8-4-3-7-15(16)25-2/h3-4,7-10,14H,5-6,11-13H2,1-2H3,(H,20,21,24). The number of amides is 1. The molecule has 1 saturated heterocycles. The van der Waals surface area contributed by atoms with Gasteiger partial charge in [0.15, 0.2) is 29.7 Å². The molecular weight excluding hydrogens is 332 g/mol. The van der Waals surface area contributed by atoms with Crippen LogP contribution in [-0.4, -0.2) is 42.9 Å². The van der Waals surface area contributed by atoms with E-state index in [1.165, 1.54) is 12.8 Å². The molecule has 1 unspecified atom stereocenters. The fourth-order valence-electron chi connectivity index (χ4n) is 3.02. The van der Waals surface area contributed by atoms with Crippen LogP contribution >= 0.6 is 0 Å². The van der Waals surface area contributed by atoms with Crippen LogP contribution < -0.4 is 19.7 Å². The van der Waals surface area contributed by atoms with Crippen LogP contribution in [-0.2, 0) is 4.79 Å². The lowest BCUT2D eigenvalue weighted by Gasteiger charge is -2.31. The molecule has 1 aliphatic rings. The van der Waals surface area contributed by atoms with Crippen molar-refractivity contribution in [1.29, 1.82) is 0 Å². The molecule has 1 aromatic carbocycles. The number of aromatic nitrogens is 2. The number of anilines is 2. The number of carbonyl (C=O) groups excluding carboxylic acids is 1. The maximum absolute atomic E-state index is 12.1. The van der Waals surface area contributed by atoms with Gasteiger partial charge in [-0.05, 0) is 43.0 Å². The first kappa shape index (κ1) is 18.0. The van der Waals surface area contributed by atoms with E-state index >= 15 is 0 Å². The largest absolute Gasteiger partial charge is 0.493 e. The summed E-state index contributed by atoms with van der Waals surface area (Å²) in [7, 11) is 1.56. The summed E-state index contributed by atoms with van der Waals surface area (Å²) in [6.45, 7) is 4.11. The van der Waals surface area contributed by atoms with Gasteiger partial charge in [-0.25, -0.2) is 0 Å². The van der Waals surface area contributed by atoms with Gasteiger partial charge < -0.3 is 19.7 Å². The number of ether oxygens (including phenoxy) is 2. The highest BCUT2D eigenvalue weighted by atomic mass is 16.5. The average molecular weight is 356 g/mol. The second-order valence-electron chi connectivity index (χ2n) is 6.46. The van der Waals surface area contributed by atoms with Crippen LogP contribution in [0, 0.1) is 5.92 Å². The minimum Gasteiger partial charge on any atom is -0.493 e. The second-order valence-corrected chi connectivity index (χ2v) is 6.46. The van der Waals surface area contributed by atoms with Gasteiger partial charge in [-0.1, -0.05) is 19.1 Å². The molecule has 1 N–H and O–H groups in total. The molecule has 7 heteroatoms. The van der Waals surface area contributed by atoms with E-state index in [1.54, 1.807) is 25.3 Å². The number of carbonyl (C=O) groups is 1. The molecule has 1 aliphatic heterocycles. The average Bonchev–Trinajstić information content (AvgIpc) is 2.67. The van der Waals surface area contributed by atoms with Gasteiger partial charge in [0.1, 0.15) is 0 Å². The van der Waals surface area contributed by atoms with Crippen molar-refractivity contribution in [2.75, 3.05) is 37.0 Å². The number of para-hydroxylation sites is 2. The normalized spacial score (nSPS) is 16.8. The Morgan fingerprint density at radius 1 is 1.23 bits per heavy atom. The zero-order valence-electron chi connectivity index (χ0n) is 15.1. The Bertz CT molecular complexity index is 736. The van der Waals surface area contributed by atoms with Gasteiger partial charge in [0, 0.05) is 13.1 Å². The summed E-state index contributed by atoms with van der Waals surface area (Å²) in [5, 5.41) is 11.0. The van der Waals surface area contributed by atoms with Crippen molar-refractivity contribution in [1.82, 2.24) is 10.2 Å². The fourth-order valence-corrected chi connectivity index (χ4v) is 3.02. The Balaban J connectivity index is 1.53. The molecule has 0 saturated carbocycles. The first-order valence-corrected chi connectivity index (χ1v) is 8.80. The summed E-state index contributed by atoms with van der Waals surface area (Å²) in [6, 6.07) is 10.8. The third-order valence-electron chi connectivity index (χ3n) is 4.33. The maximum atomic E-state index is 12.1. The molecule has 26 heavy (non-hydrogen) atoms. The van der Waals surface area contributed by atoms with Gasteiger partial charge in [-0.2, -0.15) is 0 Å². The molecule has 3 rings (SSSR count). The van der Waals surface area contributed by atoms with E-state index < -0.39 is 0 Å². The molecule has 0 aliphatic carbocycles. The zero-order valence-corrected chi connectivity index (χ0v) is 15.1. The number of piperidine rings is 1. The smallest absolute Gasteiger partial charge is 0.263 e. The van der Waals surface area contributed by atoms with Crippen LogP contribution in [0.25, 0.3) is 0 Å². The van der Waals surface area contributed by atoms with Crippen molar-refractivity contribution >= 4 is 17.5 Å². The van der Waals surface area contributed by atoms with E-state index in [0.717, 1.165) is 18.9 Å². The highest BCUT2D eigenvalue weighted by molar-refractivity contribution is 5.90. The number of methoxy groups -OCH3 is 1. The first-order chi connectivity index (χ1) is 12.7. The first-order valence-electron chi connectivity index (χ1n) is 8.80. The van der Waals surface area contributed by atoms with Gasteiger partial charge in [-0.15, -0.1) is 10.2 Å². The molecule has 0 spiro atoms. The van der Waals surface area contributed by atoms with Gasteiger partial charge in [0.25, 0.3) is 5.91 Å². The van der Waals surface area contributed by atoms with Crippen molar-refractivity contribution in [3.05, 3.63) is 36.4 Å². The summed E-state index contributed by atoms with van der Waals surface area (Å²) in [6.07, 6.45) is 2.42. The molecule has 2 heterocycles. The fraction of sp³-hybridized carbons (Fsp3) is 0.421. The van der Waals surface area contributed by atoms with Crippen LogP contribution in [0.5, 0.6) is 11.5 Å². The maximum Gasteiger partial charge on any atom is 0.263 e. The van der Waals surface area contributed by atoms with E-state index in [0.29, 0.717) is 23.2 Å². The van der Waals surface area contributed by atoms with Crippen LogP contribution in [0.3, 0.4) is 0 Å². The van der Waals surface area contributed by atoms with Crippen molar-refractivity contribution in [2.45, 2.75) is 19.8 Å². The zero-order chi connectivity index (χ0) is 18.4. The molecule has 1 atom stereocenters. The quantitative estimate of drug-likeness (QED) is 0.858. The molecule has 138 valence electrons. The Hall–Kier alpha value is -2.83. The third-order valence-corrected chi connectivity index (χ3v) is 4.33. The Morgan fingerprint density at radius 3 is 2.73 bits per heavy atom. The molecule has 0 radical (unpaired) electrons. The second kappa shape index (κ2) is 8.51. The van der Waals surface area contributed by atoms with Crippen molar-refractivity contribution < 1.29 is 14.3 Å². The van der Waals surface area contributed by atoms with Gasteiger partial charge in [-0.3, -0.25) is 4.79 Å². The van der Waals surface area contributed by atoms with Gasteiger partial charge >= 0.3 is 0 Å². The highest BCUT2D eigenvalue weighted by Gasteiger charge is 2.18. The van der Waals surface area contributed by atoms with Crippen LogP contribution in [0.15, 0.2) is 36.4 Å². The number of nitrogens with one attached hydrogen (secondary N) is 1. The van der Waals surface area contributed by atoms with E-state index in [9.17, 15) is 4.79 Å². The number of hydrogen-bond donors (Lipinski definition) is 1. The van der Waals surface area contributed by atoms with Gasteiger partial charge in [0.2, 0.25) is 0 Å². The topological polar surface area (TPSA) is 76.6 Å². The van der Waals surface area contributed by atoms with E-state index in [2.05, 4.69) is 27.3 Å². The van der Waals surface area contributed by atoms with E-state index in [-0.39, 0.29) is 12.5 Å². The van der Waals surface area contributed by atoms with Crippen LogP contribution in [0.2, 0.25) is 0 Å². The Morgan fingerprint density at radius 2 is 2.04 bits per heavy atom. The summed E-state index contributed by atoms with van der Waals surface area (Å²) >= 11 is 0. The lowest BCUT2D eigenvalue weighted by molar-refractivity contribution is -0.118. The lowest BCUT2D eigenvalue weighted by atomic mass is 10.0. The molecule has 1 amide bonds. The third kappa shape index (κ3) is 4.62. The SMILES string of the molecule is COc1ccccc1OCC(=O)Nc1ccc(N2CCCC(C)C2)nn1. The number of benzene rings is 1. The summed E-state index contributed by atoms with van der Waals surface area (Å²) in [5.41, 5.74) is 0. The summed E-state index contributed by atoms with van der Waals surface area (Å²) in [5.74, 6) is 2.72. The predicted molar refractivity (Wildman–Crippen MR) is 99.8 cm³/mol. The lowest BCUT2D eigenvalue weighted by Crippen LogP contribution is -2.35. The minimum atomic E-state index is -0.301. The van der Waals surface area contributed by atoms with Crippen molar-refractivity contribution in [3.63, 3.8) is 0 Å². The number of nitrogens with zero attached hydrogens (tertiary/aromatic N) is 3. The van der Waals surface area contributed by atoms with Crippen LogP contribution in [0.1, 0.15) is 19.8 Å². The molecule has 2 aromatic rings. The highest BCUT2D eigenvalue weighted by Crippen LogP contribution is 2.25. The Kier molecular flexibility index (Phi) is 5.88. The summed E-state index contributed by atoms with van der Waals surface area (Å²) in [4.78, 5) is 14.3. The Labute approximate surface area is 153 Å². The van der Waals surface area contributed by atoms with Crippen LogP contribution in [0.4, 0.5) is 11.6 Å². The van der Waals surface area contributed by atoms with Crippen molar-refractivity contribution in [2.24, 2.45) is 5.92 Å². The molecule has 7 nitrogen and oxygen atoms in total. The number of hydrogen-bond acceptors (Lipinski definition) is 6. The minimum absolute atomic E-state index is 0.132. The van der Waals surface area contributed by atoms with Gasteiger partial charge in [0.05, 0.1) is 7.11 Å². The number of rotatable bonds is 6. The molecule has 0 bridgehead atoms. The molecule has 1 fully saturated rings. The molecule has 1 aromatic heterocycles. The van der Waals surface area contributed by atoms with E-state index in [1.807, 2.05) is 18.2 Å². The molecular formula is C19H24N4O3. The van der Waals surface area contributed by atoms with Crippen molar-refractivity contribution in [3.8, 4) is 11.5 Å².